The lowest BCUT2D eigenvalue weighted by Crippen LogP contribution is -2.32. The van der Waals surface area contributed by atoms with E-state index in [1.807, 2.05) is 6.92 Å². The van der Waals surface area contributed by atoms with Crippen LogP contribution in [0.25, 0.3) is 0 Å². The molecule has 0 saturated carbocycles. The van der Waals surface area contributed by atoms with Crippen LogP contribution in [-0.2, 0) is 4.79 Å². The zero-order valence-corrected chi connectivity index (χ0v) is 9.02. The van der Waals surface area contributed by atoms with Crippen LogP contribution in [0.2, 0.25) is 0 Å². The molecule has 0 radical (unpaired) electrons. The van der Waals surface area contributed by atoms with Gasteiger partial charge in [0.2, 0.25) is 0 Å². The highest BCUT2D eigenvalue weighted by molar-refractivity contribution is 5.81. The molecule has 0 fully saturated rings. The maximum Gasteiger partial charge on any atom is 0.320 e. The molecule has 2 atom stereocenters. The van der Waals surface area contributed by atoms with Gasteiger partial charge in [-0.25, -0.2) is 0 Å². The lowest BCUT2D eigenvalue weighted by Gasteiger charge is -2.11. The number of aliphatic imine (C=N–C) groups is 1. The molecular formula is C10H19N3O2. The smallest absolute Gasteiger partial charge is 0.320 e. The van der Waals surface area contributed by atoms with E-state index in [0.29, 0.717) is 25.2 Å². The average Bonchev–Trinajstić information content (AvgIpc) is 2.15. The Bertz CT molecular complexity index is 251. The first-order chi connectivity index (χ1) is 6.97. The number of aliphatic carboxylic acids is 1. The van der Waals surface area contributed by atoms with Gasteiger partial charge in [0, 0.05) is 13.0 Å². The quantitative estimate of drug-likeness (QED) is 0.323. The molecule has 0 aliphatic heterocycles. The van der Waals surface area contributed by atoms with E-state index in [0.717, 1.165) is 0 Å². The molecule has 0 aliphatic rings. The third-order valence-electron chi connectivity index (χ3n) is 1.93. The van der Waals surface area contributed by atoms with Crippen LogP contribution in [0.5, 0.6) is 0 Å². The third-order valence-corrected chi connectivity index (χ3v) is 1.93. The maximum atomic E-state index is 10.5. The molecule has 0 aromatic rings. The number of amidine groups is 1. The minimum absolute atomic E-state index is 0.111. The third kappa shape index (κ3) is 6.68. The van der Waals surface area contributed by atoms with Crippen molar-refractivity contribution in [1.82, 2.24) is 0 Å². The molecule has 5 N–H and O–H groups in total. The first-order valence-corrected chi connectivity index (χ1v) is 4.85. The minimum Gasteiger partial charge on any atom is -0.480 e. The molecule has 0 spiro atoms. The fourth-order valence-electron chi connectivity index (χ4n) is 1.09. The van der Waals surface area contributed by atoms with E-state index in [9.17, 15) is 4.79 Å². The van der Waals surface area contributed by atoms with Crippen molar-refractivity contribution in [2.75, 3.05) is 6.54 Å². The predicted octanol–water partition coefficient (Wildman–Crippen LogP) is 0.358. The van der Waals surface area contributed by atoms with Gasteiger partial charge in [-0.15, -0.1) is 6.58 Å². The first kappa shape index (κ1) is 13.6. The average molecular weight is 213 g/mol. The zero-order chi connectivity index (χ0) is 11.8. The number of carboxylic acid groups (broad SMARTS) is 1. The molecule has 0 aromatic carbocycles. The van der Waals surface area contributed by atoms with E-state index < -0.39 is 12.0 Å². The molecule has 5 heteroatoms. The normalized spacial score (nSPS) is 15.7. The number of rotatable bonds is 7. The van der Waals surface area contributed by atoms with Crippen molar-refractivity contribution in [3.8, 4) is 0 Å². The van der Waals surface area contributed by atoms with Crippen molar-refractivity contribution in [2.24, 2.45) is 22.4 Å². The van der Waals surface area contributed by atoms with Crippen molar-refractivity contribution in [1.29, 1.82) is 0 Å². The number of carboxylic acids is 1. The van der Waals surface area contributed by atoms with Crippen LogP contribution in [-0.4, -0.2) is 29.5 Å². The summed E-state index contributed by atoms with van der Waals surface area (Å²) in [7, 11) is 0. The summed E-state index contributed by atoms with van der Waals surface area (Å²) in [6.45, 7) is 5.94. The summed E-state index contributed by atoms with van der Waals surface area (Å²) in [5.41, 5.74) is 10.9. The van der Waals surface area contributed by atoms with Gasteiger partial charge < -0.3 is 16.6 Å². The molecule has 0 rings (SSSR count). The molecular weight excluding hydrogens is 194 g/mol. The van der Waals surface area contributed by atoms with E-state index in [1.54, 1.807) is 6.08 Å². The van der Waals surface area contributed by atoms with Gasteiger partial charge >= 0.3 is 5.97 Å². The van der Waals surface area contributed by atoms with E-state index in [-0.39, 0.29) is 5.92 Å². The molecule has 0 saturated heterocycles. The van der Waals surface area contributed by atoms with Crippen molar-refractivity contribution >= 4 is 11.8 Å². The molecule has 0 amide bonds. The standard InChI is InChI=1S/C10H19N3O2/c1-3-4-9(12)13-6-7(2)5-8(11)10(14)15/h3,7-8H,1,4-6,11H2,2H3,(H2,12,13)(H,14,15). The Hall–Kier alpha value is -1.36. The lowest BCUT2D eigenvalue weighted by atomic mass is 10.0. The molecule has 5 nitrogen and oxygen atoms in total. The Labute approximate surface area is 89.9 Å². The second-order valence-corrected chi connectivity index (χ2v) is 3.61. The number of nitrogens with zero attached hydrogens (tertiary/aromatic N) is 1. The summed E-state index contributed by atoms with van der Waals surface area (Å²) in [5.74, 6) is -0.356. The van der Waals surface area contributed by atoms with Crippen molar-refractivity contribution in [3.05, 3.63) is 12.7 Å². The molecule has 0 aromatic heterocycles. The van der Waals surface area contributed by atoms with Crippen LogP contribution in [0.4, 0.5) is 0 Å². The Morgan fingerprint density at radius 3 is 2.73 bits per heavy atom. The lowest BCUT2D eigenvalue weighted by molar-refractivity contribution is -0.138. The summed E-state index contributed by atoms with van der Waals surface area (Å²) in [4.78, 5) is 14.6. The number of carbonyl (C=O) groups is 1. The Kier molecular flexibility index (Phi) is 6.37. The molecule has 15 heavy (non-hydrogen) atoms. The SMILES string of the molecule is C=CCC(N)=NCC(C)CC(N)C(=O)O. The van der Waals surface area contributed by atoms with Gasteiger partial charge in [-0.1, -0.05) is 13.0 Å². The summed E-state index contributed by atoms with van der Waals surface area (Å²) in [5, 5.41) is 8.59. The van der Waals surface area contributed by atoms with Gasteiger partial charge in [-0.05, 0) is 12.3 Å². The summed E-state index contributed by atoms with van der Waals surface area (Å²) < 4.78 is 0. The molecule has 2 unspecified atom stereocenters. The summed E-state index contributed by atoms with van der Waals surface area (Å²) in [6, 6.07) is -0.823. The van der Waals surface area contributed by atoms with Crippen molar-refractivity contribution in [3.63, 3.8) is 0 Å². The summed E-state index contributed by atoms with van der Waals surface area (Å²) in [6.07, 6.45) is 2.63. The fourth-order valence-corrected chi connectivity index (χ4v) is 1.09. The van der Waals surface area contributed by atoms with E-state index >= 15 is 0 Å². The van der Waals surface area contributed by atoms with Gasteiger partial charge in [0.05, 0.1) is 5.84 Å². The first-order valence-electron chi connectivity index (χ1n) is 4.85. The minimum atomic E-state index is -0.982. The van der Waals surface area contributed by atoms with Crippen LogP contribution in [0, 0.1) is 5.92 Å². The van der Waals surface area contributed by atoms with Gasteiger partial charge in [0.25, 0.3) is 0 Å². The maximum absolute atomic E-state index is 10.5. The largest absolute Gasteiger partial charge is 0.480 e. The number of hydrogen-bond donors (Lipinski definition) is 3. The highest BCUT2D eigenvalue weighted by Gasteiger charge is 2.15. The van der Waals surface area contributed by atoms with Gasteiger partial charge in [0.15, 0.2) is 0 Å². The van der Waals surface area contributed by atoms with Crippen LogP contribution < -0.4 is 11.5 Å². The second kappa shape index (κ2) is 7.00. The highest BCUT2D eigenvalue weighted by Crippen LogP contribution is 2.05. The monoisotopic (exact) mass is 213 g/mol. The van der Waals surface area contributed by atoms with Gasteiger partial charge in [0.1, 0.15) is 6.04 Å². The highest BCUT2D eigenvalue weighted by atomic mass is 16.4. The fraction of sp³-hybridized carbons (Fsp3) is 0.600. The van der Waals surface area contributed by atoms with E-state index in [1.165, 1.54) is 0 Å². The predicted molar refractivity (Wildman–Crippen MR) is 60.7 cm³/mol. The van der Waals surface area contributed by atoms with Crippen LogP contribution in [0.1, 0.15) is 19.8 Å². The van der Waals surface area contributed by atoms with Crippen molar-refractivity contribution in [2.45, 2.75) is 25.8 Å². The molecule has 0 aliphatic carbocycles. The van der Waals surface area contributed by atoms with E-state index in [2.05, 4.69) is 11.6 Å². The Morgan fingerprint density at radius 2 is 2.27 bits per heavy atom. The van der Waals surface area contributed by atoms with Gasteiger partial charge in [-0.2, -0.15) is 0 Å². The van der Waals surface area contributed by atoms with Gasteiger partial charge in [-0.3, -0.25) is 9.79 Å². The number of hydrogen-bond acceptors (Lipinski definition) is 3. The molecule has 0 heterocycles. The zero-order valence-electron chi connectivity index (χ0n) is 9.02. The molecule has 0 bridgehead atoms. The second-order valence-electron chi connectivity index (χ2n) is 3.61. The summed E-state index contributed by atoms with van der Waals surface area (Å²) >= 11 is 0. The van der Waals surface area contributed by atoms with E-state index in [4.69, 9.17) is 16.6 Å². The van der Waals surface area contributed by atoms with Crippen LogP contribution in [0.3, 0.4) is 0 Å². The number of nitrogens with two attached hydrogens (primary N) is 2. The topological polar surface area (TPSA) is 102 Å². The molecule has 86 valence electrons. The van der Waals surface area contributed by atoms with Crippen molar-refractivity contribution < 1.29 is 9.90 Å². The Morgan fingerprint density at radius 1 is 1.67 bits per heavy atom. The van der Waals surface area contributed by atoms with Crippen LogP contribution >= 0.6 is 0 Å². The Balaban J connectivity index is 3.93. The van der Waals surface area contributed by atoms with Crippen LogP contribution in [0.15, 0.2) is 17.6 Å².